The molecule has 0 heterocycles. The molecule has 6 heteroatoms. The Kier molecular flexibility index (Phi) is 8.52. The molecule has 29 heavy (non-hydrogen) atoms. The quantitative estimate of drug-likeness (QED) is 0.592. The molecular formula is C23H28O6. The molecule has 2 aromatic rings. The molecule has 0 atom stereocenters. The van der Waals surface area contributed by atoms with Gasteiger partial charge in [-0.1, -0.05) is 24.3 Å². The minimum Gasteiger partial charge on any atom is -0.508 e. The maximum absolute atomic E-state index is 12.0. The summed E-state index contributed by atoms with van der Waals surface area (Å²) in [7, 11) is 0. The summed E-state index contributed by atoms with van der Waals surface area (Å²) in [6.07, 6.45) is 1.98. The van der Waals surface area contributed by atoms with Crippen LogP contribution in [0.4, 0.5) is 0 Å². The number of aryl methyl sites for hydroxylation is 3. The van der Waals surface area contributed by atoms with Gasteiger partial charge in [0, 0.05) is 19.3 Å². The van der Waals surface area contributed by atoms with Crippen molar-refractivity contribution in [1.82, 2.24) is 0 Å². The molecule has 0 saturated carbocycles. The Labute approximate surface area is 171 Å². The maximum atomic E-state index is 12.0. The third kappa shape index (κ3) is 7.49. The van der Waals surface area contributed by atoms with E-state index in [0.717, 1.165) is 16.7 Å². The van der Waals surface area contributed by atoms with Crippen molar-refractivity contribution in [2.24, 2.45) is 0 Å². The normalized spacial score (nSPS) is 10.6. The van der Waals surface area contributed by atoms with Crippen LogP contribution in [0.2, 0.25) is 0 Å². The second-order valence-electron chi connectivity index (χ2n) is 6.86. The van der Waals surface area contributed by atoms with Crippen molar-refractivity contribution >= 4 is 11.9 Å². The van der Waals surface area contributed by atoms with Gasteiger partial charge in [0.1, 0.15) is 11.5 Å². The van der Waals surface area contributed by atoms with Gasteiger partial charge >= 0.3 is 11.9 Å². The van der Waals surface area contributed by atoms with Gasteiger partial charge in [0.05, 0.1) is 13.2 Å². The topological polar surface area (TPSA) is 93.1 Å². The molecule has 2 N–H and O–H groups in total. The number of phenols is 2. The Bertz CT molecular complexity index is 843. The molecule has 6 nitrogen and oxygen atoms in total. The molecule has 156 valence electrons. The highest BCUT2D eigenvalue weighted by Gasteiger charge is 2.09. The smallest absolute Gasteiger partial charge is 0.306 e. The summed E-state index contributed by atoms with van der Waals surface area (Å²) in [5.74, 6) is -0.185. The number of carbonyl (C=O) groups is 2. The van der Waals surface area contributed by atoms with Gasteiger partial charge in [-0.25, -0.2) is 0 Å². The molecule has 0 saturated heterocycles. The molecule has 0 aliphatic rings. The fourth-order valence-corrected chi connectivity index (χ4v) is 2.94. The highest BCUT2D eigenvalue weighted by molar-refractivity contribution is 5.70. The second kappa shape index (κ2) is 11.1. The van der Waals surface area contributed by atoms with E-state index in [1.807, 2.05) is 19.1 Å². The molecule has 0 fully saturated rings. The third-order valence-electron chi connectivity index (χ3n) is 4.58. The van der Waals surface area contributed by atoms with E-state index >= 15 is 0 Å². The Morgan fingerprint density at radius 3 is 2.03 bits per heavy atom. The molecule has 2 aromatic carbocycles. The van der Waals surface area contributed by atoms with Crippen LogP contribution in [0, 0.1) is 6.92 Å². The summed E-state index contributed by atoms with van der Waals surface area (Å²) in [6.45, 7) is 4.10. The summed E-state index contributed by atoms with van der Waals surface area (Å²) in [4.78, 5) is 23.4. The number of hydrogen-bond acceptors (Lipinski definition) is 6. The molecule has 0 unspecified atom stereocenters. The zero-order valence-corrected chi connectivity index (χ0v) is 16.9. The van der Waals surface area contributed by atoms with Gasteiger partial charge in [-0.15, -0.1) is 0 Å². The lowest BCUT2D eigenvalue weighted by atomic mass is 10.0. The van der Waals surface area contributed by atoms with Crippen LogP contribution in [0.15, 0.2) is 36.4 Å². The van der Waals surface area contributed by atoms with Gasteiger partial charge in [0.25, 0.3) is 0 Å². The van der Waals surface area contributed by atoms with Crippen molar-refractivity contribution in [3.05, 3.63) is 58.7 Å². The van der Waals surface area contributed by atoms with Crippen molar-refractivity contribution in [1.29, 1.82) is 0 Å². The lowest BCUT2D eigenvalue weighted by molar-refractivity contribution is -0.144. The number of esters is 2. The van der Waals surface area contributed by atoms with Crippen LogP contribution >= 0.6 is 0 Å². The zero-order valence-electron chi connectivity index (χ0n) is 16.9. The van der Waals surface area contributed by atoms with E-state index in [0.29, 0.717) is 31.4 Å². The second-order valence-corrected chi connectivity index (χ2v) is 6.86. The van der Waals surface area contributed by atoms with E-state index in [9.17, 15) is 19.8 Å². The first-order valence-electron chi connectivity index (χ1n) is 9.79. The number of carbonyl (C=O) groups excluding carboxylic acids is 2. The van der Waals surface area contributed by atoms with E-state index in [-0.39, 0.29) is 42.9 Å². The standard InChI is InChI=1S/C23H28O6/c1-3-28-22(26)10-7-18-5-9-21(25)19(15-18)12-13-29-23(27)11-6-17-4-8-20(24)16(2)14-17/h4-5,8-9,14-15,24-25H,3,6-7,10-13H2,1-2H3. The van der Waals surface area contributed by atoms with Gasteiger partial charge in [-0.05, 0) is 61.1 Å². The molecule has 0 amide bonds. The molecule has 0 bridgehead atoms. The van der Waals surface area contributed by atoms with E-state index < -0.39 is 0 Å². The number of phenolic OH excluding ortho intramolecular Hbond substituents is 2. The highest BCUT2D eigenvalue weighted by atomic mass is 16.5. The summed E-state index contributed by atoms with van der Waals surface area (Å²) < 4.78 is 10.2. The van der Waals surface area contributed by atoms with Crippen LogP contribution in [0.3, 0.4) is 0 Å². The lowest BCUT2D eigenvalue weighted by Gasteiger charge is -2.09. The minimum absolute atomic E-state index is 0.139. The predicted molar refractivity (Wildman–Crippen MR) is 109 cm³/mol. The largest absolute Gasteiger partial charge is 0.508 e. The first-order valence-corrected chi connectivity index (χ1v) is 9.79. The molecular weight excluding hydrogens is 372 g/mol. The van der Waals surface area contributed by atoms with Gasteiger partial charge in [0.15, 0.2) is 0 Å². The van der Waals surface area contributed by atoms with Crippen LogP contribution < -0.4 is 0 Å². The minimum atomic E-state index is -0.311. The van der Waals surface area contributed by atoms with Crippen molar-refractivity contribution in [3.63, 3.8) is 0 Å². The van der Waals surface area contributed by atoms with E-state index in [1.54, 1.807) is 31.2 Å². The lowest BCUT2D eigenvalue weighted by Crippen LogP contribution is -2.09. The van der Waals surface area contributed by atoms with Crippen LogP contribution in [-0.4, -0.2) is 35.4 Å². The molecule has 0 spiro atoms. The molecule has 0 radical (unpaired) electrons. The first kappa shape index (κ1) is 22.3. The average molecular weight is 400 g/mol. The monoisotopic (exact) mass is 400 g/mol. The van der Waals surface area contributed by atoms with Gasteiger partial charge in [0.2, 0.25) is 0 Å². The third-order valence-corrected chi connectivity index (χ3v) is 4.58. The van der Waals surface area contributed by atoms with Gasteiger partial charge in [-0.3, -0.25) is 9.59 Å². The highest BCUT2D eigenvalue weighted by Crippen LogP contribution is 2.21. The summed E-state index contributed by atoms with van der Waals surface area (Å²) >= 11 is 0. The molecule has 0 aliphatic heterocycles. The Morgan fingerprint density at radius 2 is 1.41 bits per heavy atom. The number of aromatic hydroxyl groups is 2. The summed E-state index contributed by atoms with van der Waals surface area (Å²) in [5.41, 5.74) is 3.33. The number of benzene rings is 2. The number of rotatable bonds is 10. The Hall–Kier alpha value is -3.02. The SMILES string of the molecule is CCOC(=O)CCc1ccc(O)c(CCOC(=O)CCc2ccc(O)c(C)c2)c1. The van der Waals surface area contributed by atoms with Gasteiger partial charge < -0.3 is 19.7 Å². The summed E-state index contributed by atoms with van der Waals surface area (Å²) in [6, 6.07) is 10.4. The van der Waals surface area contributed by atoms with E-state index in [4.69, 9.17) is 9.47 Å². The molecule has 0 aliphatic carbocycles. The molecule has 2 rings (SSSR count). The van der Waals surface area contributed by atoms with Crippen molar-refractivity contribution in [2.45, 2.75) is 46.0 Å². The van der Waals surface area contributed by atoms with Gasteiger partial charge in [-0.2, -0.15) is 0 Å². The van der Waals surface area contributed by atoms with Crippen LogP contribution in [0.25, 0.3) is 0 Å². The maximum Gasteiger partial charge on any atom is 0.306 e. The number of hydrogen-bond donors (Lipinski definition) is 2. The Morgan fingerprint density at radius 1 is 0.828 bits per heavy atom. The van der Waals surface area contributed by atoms with E-state index in [1.165, 1.54) is 0 Å². The number of ether oxygens (including phenoxy) is 2. The van der Waals surface area contributed by atoms with Crippen LogP contribution in [0.1, 0.15) is 42.0 Å². The average Bonchev–Trinajstić information content (AvgIpc) is 2.69. The zero-order chi connectivity index (χ0) is 21.2. The van der Waals surface area contributed by atoms with Crippen molar-refractivity contribution in [2.75, 3.05) is 13.2 Å². The predicted octanol–water partition coefficient (Wildman–Crippen LogP) is 3.62. The van der Waals surface area contributed by atoms with Crippen molar-refractivity contribution in [3.8, 4) is 11.5 Å². The van der Waals surface area contributed by atoms with Crippen LogP contribution in [-0.2, 0) is 38.3 Å². The Balaban J connectivity index is 1.78. The van der Waals surface area contributed by atoms with Crippen LogP contribution in [0.5, 0.6) is 11.5 Å². The summed E-state index contributed by atoms with van der Waals surface area (Å²) in [5, 5.41) is 19.5. The first-order chi connectivity index (χ1) is 13.9. The fraction of sp³-hybridized carbons (Fsp3) is 0.391. The fourth-order valence-electron chi connectivity index (χ4n) is 2.94. The molecule has 0 aromatic heterocycles. The van der Waals surface area contributed by atoms with E-state index in [2.05, 4.69) is 0 Å². The van der Waals surface area contributed by atoms with Crippen molar-refractivity contribution < 1.29 is 29.3 Å².